The first-order valence-electron chi connectivity index (χ1n) is 16.1. The Morgan fingerprint density at radius 3 is 1.92 bits per heavy atom. The van der Waals surface area contributed by atoms with Gasteiger partial charge in [0.25, 0.3) is 0 Å². The molecule has 1 aliphatic heterocycles. The predicted octanol–water partition coefficient (Wildman–Crippen LogP) is 6.43. The Labute approximate surface area is 239 Å². The summed E-state index contributed by atoms with van der Waals surface area (Å²) in [6.07, 6.45) is 19.2. The maximum atomic E-state index is 13.1. The minimum absolute atomic E-state index is 0.0258. The Morgan fingerprint density at radius 1 is 0.795 bits per heavy atom. The van der Waals surface area contributed by atoms with Gasteiger partial charge in [0.2, 0.25) is 0 Å². The summed E-state index contributed by atoms with van der Waals surface area (Å²) < 4.78 is 11.5. The second kappa shape index (κ2) is 22.5. The smallest absolute Gasteiger partial charge is 0.312 e. The first-order valence-corrected chi connectivity index (χ1v) is 16.1. The van der Waals surface area contributed by atoms with Gasteiger partial charge in [0.05, 0.1) is 12.0 Å². The van der Waals surface area contributed by atoms with Crippen LogP contribution in [0, 0.1) is 11.3 Å². The second-order valence-corrected chi connectivity index (χ2v) is 12.2. The SMILES string of the molecule is CCCCCCCCCCCCC(CCCOC(=O)CCCCC(CO)CO)OC(=O)C1(C)CCN(C)CC1. The number of carbonyl (C=O) groups excluding carboxylic acids is 2. The molecule has 0 aromatic carbocycles. The highest BCUT2D eigenvalue weighted by Gasteiger charge is 2.38. The van der Waals surface area contributed by atoms with E-state index >= 15 is 0 Å². The van der Waals surface area contributed by atoms with Crippen LogP contribution < -0.4 is 0 Å². The van der Waals surface area contributed by atoms with Crippen molar-refractivity contribution in [2.75, 3.05) is 40.0 Å². The lowest BCUT2D eigenvalue weighted by Crippen LogP contribution is -2.42. The van der Waals surface area contributed by atoms with Gasteiger partial charge in [-0.05, 0) is 78.4 Å². The van der Waals surface area contributed by atoms with E-state index in [-0.39, 0.29) is 37.2 Å². The minimum atomic E-state index is -0.403. The van der Waals surface area contributed by atoms with Crippen molar-refractivity contribution in [1.29, 1.82) is 0 Å². The molecule has 0 radical (unpaired) electrons. The molecular weight excluding hydrogens is 494 g/mol. The summed E-state index contributed by atoms with van der Waals surface area (Å²) in [7, 11) is 2.10. The number of ether oxygens (including phenoxy) is 2. The van der Waals surface area contributed by atoms with Crippen LogP contribution in [-0.2, 0) is 19.1 Å². The molecule has 1 saturated heterocycles. The molecule has 39 heavy (non-hydrogen) atoms. The van der Waals surface area contributed by atoms with Crippen LogP contribution in [0.2, 0.25) is 0 Å². The predicted molar refractivity (Wildman–Crippen MR) is 158 cm³/mol. The van der Waals surface area contributed by atoms with E-state index in [0.29, 0.717) is 32.3 Å². The van der Waals surface area contributed by atoms with Gasteiger partial charge >= 0.3 is 11.9 Å². The zero-order valence-corrected chi connectivity index (χ0v) is 25.6. The van der Waals surface area contributed by atoms with Crippen LogP contribution in [0.15, 0.2) is 0 Å². The number of hydrogen-bond donors (Lipinski definition) is 2. The highest BCUT2D eigenvalue weighted by atomic mass is 16.5. The molecule has 0 bridgehead atoms. The average molecular weight is 556 g/mol. The van der Waals surface area contributed by atoms with Crippen molar-refractivity contribution in [3.05, 3.63) is 0 Å². The van der Waals surface area contributed by atoms with E-state index in [9.17, 15) is 9.59 Å². The van der Waals surface area contributed by atoms with Crippen molar-refractivity contribution in [3.8, 4) is 0 Å². The molecule has 0 saturated carbocycles. The lowest BCUT2D eigenvalue weighted by atomic mass is 9.80. The van der Waals surface area contributed by atoms with E-state index in [1.54, 1.807) is 0 Å². The highest BCUT2D eigenvalue weighted by molar-refractivity contribution is 5.76. The van der Waals surface area contributed by atoms with Crippen LogP contribution in [0.25, 0.3) is 0 Å². The van der Waals surface area contributed by atoms with Gasteiger partial charge in [-0.15, -0.1) is 0 Å². The van der Waals surface area contributed by atoms with Crippen molar-refractivity contribution in [2.45, 2.75) is 142 Å². The van der Waals surface area contributed by atoms with E-state index in [1.807, 2.05) is 6.92 Å². The summed E-state index contributed by atoms with van der Waals surface area (Å²) in [6.45, 7) is 6.44. The van der Waals surface area contributed by atoms with E-state index < -0.39 is 5.41 Å². The quantitative estimate of drug-likeness (QED) is 0.105. The number of carbonyl (C=O) groups is 2. The molecule has 1 unspecified atom stereocenters. The van der Waals surface area contributed by atoms with E-state index in [1.165, 1.54) is 57.8 Å². The number of nitrogens with zero attached hydrogens (tertiary/aromatic N) is 1. The van der Waals surface area contributed by atoms with Gasteiger partial charge in [0.15, 0.2) is 0 Å². The van der Waals surface area contributed by atoms with E-state index in [2.05, 4.69) is 18.9 Å². The molecule has 1 heterocycles. The van der Waals surface area contributed by atoms with Gasteiger partial charge in [0, 0.05) is 25.6 Å². The Bertz CT molecular complexity index is 616. The number of aliphatic hydroxyl groups excluding tert-OH is 2. The Kier molecular flexibility index (Phi) is 20.7. The molecule has 0 amide bonds. The Hall–Kier alpha value is -1.18. The third kappa shape index (κ3) is 17.3. The summed E-state index contributed by atoms with van der Waals surface area (Å²) >= 11 is 0. The van der Waals surface area contributed by atoms with Crippen molar-refractivity contribution in [1.82, 2.24) is 4.90 Å². The van der Waals surface area contributed by atoms with E-state index in [4.69, 9.17) is 19.7 Å². The van der Waals surface area contributed by atoms with Crippen molar-refractivity contribution >= 4 is 11.9 Å². The van der Waals surface area contributed by atoms with Crippen LogP contribution in [0.5, 0.6) is 0 Å². The lowest BCUT2D eigenvalue weighted by Gasteiger charge is -2.36. The van der Waals surface area contributed by atoms with Gasteiger partial charge in [-0.1, -0.05) is 71.1 Å². The van der Waals surface area contributed by atoms with Gasteiger partial charge in [0.1, 0.15) is 6.10 Å². The zero-order valence-electron chi connectivity index (χ0n) is 25.6. The van der Waals surface area contributed by atoms with Crippen molar-refractivity contribution in [3.63, 3.8) is 0 Å². The van der Waals surface area contributed by atoms with Crippen LogP contribution in [0.1, 0.15) is 136 Å². The summed E-state index contributed by atoms with van der Waals surface area (Å²) in [4.78, 5) is 27.5. The standard InChI is InChI=1S/C32H61NO6/c1-4-5-6-7-8-9-10-11-12-13-18-29(39-31(37)32(2)21-23-33(3)24-22-32)19-16-25-38-30(36)20-15-14-17-28(26-34)27-35/h28-29,34-35H,4-27H2,1-3H3. The van der Waals surface area contributed by atoms with Gasteiger partial charge in [-0.25, -0.2) is 0 Å². The first kappa shape index (κ1) is 35.8. The zero-order chi connectivity index (χ0) is 28.8. The number of likely N-dealkylation sites (tertiary alicyclic amines) is 1. The van der Waals surface area contributed by atoms with Gasteiger partial charge in [-0.3, -0.25) is 9.59 Å². The Morgan fingerprint density at radius 2 is 1.33 bits per heavy atom. The topological polar surface area (TPSA) is 96.3 Å². The first-order chi connectivity index (χ1) is 18.8. The molecule has 0 spiro atoms. The van der Waals surface area contributed by atoms with E-state index in [0.717, 1.165) is 51.6 Å². The summed E-state index contributed by atoms with van der Waals surface area (Å²) in [6, 6.07) is 0. The van der Waals surface area contributed by atoms with Crippen LogP contribution >= 0.6 is 0 Å². The summed E-state index contributed by atoms with van der Waals surface area (Å²) in [5, 5.41) is 18.3. The molecule has 230 valence electrons. The number of piperidine rings is 1. The molecule has 1 rings (SSSR count). The normalized spacial score (nSPS) is 16.4. The molecule has 2 N–H and O–H groups in total. The van der Waals surface area contributed by atoms with Crippen LogP contribution in [-0.4, -0.2) is 73.1 Å². The third-order valence-corrected chi connectivity index (χ3v) is 8.43. The summed E-state index contributed by atoms with van der Waals surface area (Å²) in [5.74, 6) is -0.372. The molecule has 7 heteroatoms. The monoisotopic (exact) mass is 555 g/mol. The average Bonchev–Trinajstić information content (AvgIpc) is 2.93. The number of rotatable bonds is 24. The molecule has 1 fully saturated rings. The molecule has 1 aliphatic rings. The van der Waals surface area contributed by atoms with Crippen molar-refractivity contribution in [2.24, 2.45) is 11.3 Å². The fourth-order valence-electron chi connectivity index (χ4n) is 5.24. The fraction of sp³-hybridized carbons (Fsp3) is 0.938. The molecule has 0 aromatic heterocycles. The second-order valence-electron chi connectivity index (χ2n) is 12.2. The maximum Gasteiger partial charge on any atom is 0.312 e. The summed E-state index contributed by atoms with van der Waals surface area (Å²) in [5.41, 5.74) is -0.403. The highest BCUT2D eigenvalue weighted by Crippen LogP contribution is 2.33. The number of hydrogen-bond acceptors (Lipinski definition) is 7. The largest absolute Gasteiger partial charge is 0.466 e. The van der Waals surface area contributed by atoms with Crippen molar-refractivity contribution < 1.29 is 29.3 Å². The van der Waals surface area contributed by atoms with Gasteiger partial charge < -0.3 is 24.6 Å². The molecule has 1 atom stereocenters. The third-order valence-electron chi connectivity index (χ3n) is 8.43. The molecule has 0 aliphatic carbocycles. The fourth-order valence-corrected chi connectivity index (χ4v) is 5.24. The number of esters is 2. The van der Waals surface area contributed by atoms with Crippen LogP contribution in [0.3, 0.4) is 0 Å². The molecule has 0 aromatic rings. The number of unbranched alkanes of at least 4 members (excludes halogenated alkanes) is 10. The minimum Gasteiger partial charge on any atom is -0.466 e. The van der Waals surface area contributed by atoms with Gasteiger partial charge in [-0.2, -0.15) is 0 Å². The maximum absolute atomic E-state index is 13.1. The Balaban J connectivity index is 2.36. The number of aliphatic hydroxyl groups is 2. The molecule has 7 nitrogen and oxygen atoms in total. The lowest BCUT2D eigenvalue weighted by molar-refractivity contribution is -0.164. The van der Waals surface area contributed by atoms with Crippen LogP contribution in [0.4, 0.5) is 0 Å². The molecular formula is C32H61NO6.